The van der Waals surface area contributed by atoms with Gasteiger partial charge >= 0.3 is 6.18 Å². The Morgan fingerprint density at radius 1 is 1.00 bits per heavy atom. The summed E-state index contributed by atoms with van der Waals surface area (Å²) < 4.78 is 39.4. The van der Waals surface area contributed by atoms with Crippen LogP contribution in [0.2, 0.25) is 0 Å². The van der Waals surface area contributed by atoms with E-state index < -0.39 is 12.1 Å². The van der Waals surface area contributed by atoms with Crippen LogP contribution in [0.15, 0.2) is 12.7 Å². The summed E-state index contributed by atoms with van der Waals surface area (Å²) in [6.07, 6.45) is 7.60. The van der Waals surface area contributed by atoms with Gasteiger partial charge in [0.25, 0.3) is 0 Å². The fourth-order valence-corrected chi connectivity index (χ4v) is 6.82. The van der Waals surface area contributed by atoms with Crippen LogP contribution in [0.4, 0.5) is 13.2 Å². The first-order chi connectivity index (χ1) is 13.8. The molecule has 0 aromatic carbocycles. The maximum absolute atomic E-state index is 13.1. The Bertz CT molecular complexity index is 604. The number of amides is 1. The zero-order chi connectivity index (χ0) is 20.6. The molecular formula is C23H35F3N2O. The summed E-state index contributed by atoms with van der Waals surface area (Å²) in [6.45, 7) is 6.21. The van der Waals surface area contributed by atoms with E-state index >= 15 is 0 Å². The fourth-order valence-electron chi connectivity index (χ4n) is 6.82. The van der Waals surface area contributed by atoms with Gasteiger partial charge < -0.3 is 4.90 Å². The Labute approximate surface area is 172 Å². The van der Waals surface area contributed by atoms with Gasteiger partial charge in [-0.1, -0.05) is 19.4 Å². The number of alkyl halides is 3. The fraction of sp³-hybridized carbons (Fsp3) is 0.870. The first-order valence-electron chi connectivity index (χ1n) is 11.6. The third-order valence-electron chi connectivity index (χ3n) is 8.45. The van der Waals surface area contributed by atoms with Crippen molar-refractivity contribution in [3.63, 3.8) is 0 Å². The molecule has 4 aliphatic rings. The second kappa shape index (κ2) is 8.24. The molecule has 4 fully saturated rings. The third kappa shape index (κ3) is 4.38. The van der Waals surface area contributed by atoms with Crippen molar-refractivity contribution in [2.45, 2.75) is 88.9 Å². The van der Waals surface area contributed by atoms with Crippen LogP contribution >= 0.6 is 0 Å². The van der Waals surface area contributed by atoms with Gasteiger partial charge in [-0.3, -0.25) is 9.69 Å². The van der Waals surface area contributed by atoms with Crippen molar-refractivity contribution in [1.29, 1.82) is 0 Å². The first-order valence-corrected chi connectivity index (χ1v) is 11.6. The lowest BCUT2D eigenvalue weighted by Crippen LogP contribution is -2.60. The second-order valence-electron chi connectivity index (χ2n) is 10.1. The topological polar surface area (TPSA) is 23.6 Å². The SMILES string of the molecule is C=CC(=O)N1CCC2(CC1)CC1CCCCC1N(C1CCC(C(F)(F)F)CC1)C2. The van der Waals surface area contributed by atoms with Crippen molar-refractivity contribution < 1.29 is 18.0 Å². The van der Waals surface area contributed by atoms with Crippen LogP contribution in [-0.2, 0) is 4.79 Å². The summed E-state index contributed by atoms with van der Waals surface area (Å²) in [6, 6.07) is 0.874. The molecule has 2 heterocycles. The Hall–Kier alpha value is -1.04. The predicted octanol–water partition coefficient (Wildman–Crippen LogP) is 5.17. The van der Waals surface area contributed by atoms with E-state index in [1.165, 1.54) is 38.2 Å². The Morgan fingerprint density at radius 3 is 2.28 bits per heavy atom. The van der Waals surface area contributed by atoms with Crippen LogP contribution in [0, 0.1) is 17.3 Å². The number of piperidine rings is 2. The average molecular weight is 413 g/mol. The molecule has 1 amide bonds. The lowest BCUT2D eigenvalue weighted by Gasteiger charge is -2.57. The van der Waals surface area contributed by atoms with E-state index in [4.69, 9.17) is 0 Å². The number of hydrogen-bond acceptors (Lipinski definition) is 2. The Balaban J connectivity index is 1.46. The molecule has 2 saturated heterocycles. The highest BCUT2D eigenvalue weighted by Gasteiger charge is 2.50. The van der Waals surface area contributed by atoms with Crippen LogP contribution in [0.3, 0.4) is 0 Å². The number of fused-ring (bicyclic) bond motifs is 1. The van der Waals surface area contributed by atoms with Crippen LogP contribution in [0.1, 0.15) is 70.6 Å². The van der Waals surface area contributed by atoms with E-state index in [-0.39, 0.29) is 24.2 Å². The van der Waals surface area contributed by atoms with Crippen molar-refractivity contribution in [1.82, 2.24) is 9.80 Å². The van der Waals surface area contributed by atoms with Gasteiger partial charge in [-0.15, -0.1) is 0 Å². The van der Waals surface area contributed by atoms with Crippen LogP contribution in [0.5, 0.6) is 0 Å². The van der Waals surface area contributed by atoms with Crippen molar-refractivity contribution in [2.75, 3.05) is 19.6 Å². The molecule has 3 nitrogen and oxygen atoms in total. The highest BCUT2D eigenvalue weighted by Crippen LogP contribution is 2.50. The highest BCUT2D eigenvalue weighted by molar-refractivity contribution is 5.87. The van der Waals surface area contributed by atoms with Crippen LogP contribution in [-0.4, -0.2) is 53.6 Å². The van der Waals surface area contributed by atoms with Gasteiger partial charge in [-0.25, -0.2) is 0 Å². The van der Waals surface area contributed by atoms with Gasteiger partial charge in [-0.2, -0.15) is 13.2 Å². The smallest absolute Gasteiger partial charge is 0.339 e. The molecule has 1 spiro atoms. The highest BCUT2D eigenvalue weighted by atomic mass is 19.4. The number of likely N-dealkylation sites (tertiary alicyclic amines) is 2. The lowest BCUT2D eigenvalue weighted by molar-refractivity contribution is -0.187. The van der Waals surface area contributed by atoms with Gasteiger partial charge in [0.2, 0.25) is 5.91 Å². The Morgan fingerprint density at radius 2 is 1.66 bits per heavy atom. The molecule has 0 aromatic heterocycles. The number of halogens is 3. The van der Waals surface area contributed by atoms with E-state index in [1.54, 1.807) is 0 Å². The van der Waals surface area contributed by atoms with Crippen molar-refractivity contribution in [3.8, 4) is 0 Å². The first kappa shape index (κ1) is 21.2. The summed E-state index contributed by atoms with van der Waals surface area (Å²) in [5.41, 5.74) is 0.233. The summed E-state index contributed by atoms with van der Waals surface area (Å²) in [5, 5.41) is 0. The van der Waals surface area contributed by atoms with E-state index in [0.717, 1.165) is 32.5 Å². The molecule has 2 saturated carbocycles. The maximum atomic E-state index is 13.1. The van der Waals surface area contributed by atoms with Crippen LogP contribution < -0.4 is 0 Å². The lowest BCUT2D eigenvalue weighted by atomic mass is 9.63. The summed E-state index contributed by atoms with van der Waals surface area (Å²) in [4.78, 5) is 16.6. The molecule has 0 aromatic rings. The number of hydrogen-bond donors (Lipinski definition) is 0. The number of carbonyl (C=O) groups excluding carboxylic acids is 1. The largest absolute Gasteiger partial charge is 0.391 e. The molecule has 4 rings (SSSR count). The molecule has 2 aliphatic carbocycles. The minimum absolute atomic E-state index is 0.0218. The van der Waals surface area contributed by atoms with Crippen molar-refractivity contribution in [3.05, 3.63) is 12.7 Å². The minimum atomic E-state index is -4.04. The van der Waals surface area contributed by atoms with Crippen LogP contribution in [0.25, 0.3) is 0 Å². The Kier molecular flexibility index (Phi) is 6.02. The average Bonchev–Trinajstić information content (AvgIpc) is 2.72. The molecule has 0 N–H and O–H groups in total. The van der Waals surface area contributed by atoms with Crippen molar-refractivity contribution in [2.24, 2.45) is 17.3 Å². The predicted molar refractivity (Wildman–Crippen MR) is 107 cm³/mol. The molecule has 2 unspecified atom stereocenters. The molecule has 0 bridgehead atoms. The van der Waals surface area contributed by atoms with Crippen molar-refractivity contribution >= 4 is 5.91 Å². The summed E-state index contributed by atoms with van der Waals surface area (Å²) >= 11 is 0. The monoisotopic (exact) mass is 412 g/mol. The maximum Gasteiger partial charge on any atom is 0.391 e. The van der Waals surface area contributed by atoms with Gasteiger partial charge in [0.05, 0.1) is 5.92 Å². The van der Waals surface area contributed by atoms with E-state index in [2.05, 4.69) is 11.5 Å². The van der Waals surface area contributed by atoms with Gasteiger partial charge in [0.1, 0.15) is 0 Å². The summed E-state index contributed by atoms with van der Waals surface area (Å²) in [7, 11) is 0. The molecular weight excluding hydrogens is 377 g/mol. The quantitative estimate of drug-likeness (QED) is 0.585. The molecule has 164 valence electrons. The summed E-state index contributed by atoms with van der Waals surface area (Å²) in [5.74, 6) is -0.402. The van der Waals surface area contributed by atoms with Gasteiger partial charge in [0.15, 0.2) is 0 Å². The zero-order valence-electron chi connectivity index (χ0n) is 17.4. The minimum Gasteiger partial charge on any atom is -0.339 e. The normalized spacial score (nSPS) is 35.9. The number of rotatable bonds is 2. The molecule has 2 aliphatic heterocycles. The van der Waals surface area contributed by atoms with E-state index in [9.17, 15) is 18.0 Å². The van der Waals surface area contributed by atoms with Gasteiger partial charge in [-0.05, 0) is 75.2 Å². The number of carbonyl (C=O) groups is 1. The van der Waals surface area contributed by atoms with E-state index in [1.807, 2.05) is 4.90 Å². The molecule has 6 heteroatoms. The number of nitrogens with zero attached hydrogens (tertiary/aromatic N) is 2. The molecule has 0 radical (unpaired) electrons. The second-order valence-corrected chi connectivity index (χ2v) is 10.1. The van der Waals surface area contributed by atoms with Gasteiger partial charge in [0, 0.05) is 31.7 Å². The standard InChI is InChI=1S/C23H35F3N2O/c1-2-21(29)27-13-11-22(12-14-27)15-17-5-3-4-6-20(17)28(16-22)19-9-7-18(8-10-19)23(24,25)26/h2,17-20H,1,3-16H2. The third-order valence-corrected chi connectivity index (χ3v) is 8.45. The van der Waals surface area contributed by atoms with E-state index in [0.29, 0.717) is 30.8 Å². The molecule has 29 heavy (non-hydrogen) atoms. The molecule has 2 atom stereocenters. The zero-order valence-corrected chi connectivity index (χ0v) is 17.4.